The summed E-state index contributed by atoms with van der Waals surface area (Å²) in [6.45, 7) is 0. The van der Waals surface area contributed by atoms with E-state index in [0.29, 0.717) is 10.3 Å². The smallest absolute Gasteiger partial charge is 0.166 e. The first-order valence-corrected chi connectivity index (χ1v) is 4.81. The molecule has 0 saturated heterocycles. The minimum absolute atomic E-state index is 0.271. The summed E-state index contributed by atoms with van der Waals surface area (Å²) in [4.78, 5) is 11.4. The first-order valence-electron chi connectivity index (χ1n) is 3.55. The largest absolute Gasteiger partial charge is 0.294 e. The van der Waals surface area contributed by atoms with Gasteiger partial charge in [0.15, 0.2) is 5.78 Å². The normalized spacial score (nSPS) is 16.8. The van der Waals surface area contributed by atoms with Crippen molar-refractivity contribution in [1.29, 1.82) is 0 Å². The van der Waals surface area contributed by atoms with Crippen molar-refractivity contribution in [2.75, 3.05) is 0 Å². The summed E-state index contributed by atoms with van der Waals surface area (Å²) in [7, 11) is 0. The predicted octanol–water partition coefficient (Wildman–Crippen LogP) is 2.99. The number of Topliss-reactive ketones (excluding diaryl/α,β-unsaturated/α-hetero) is 1. The van der Waals surface area contributed by atoms with Crippen LogP contribution in [0.5, 0.6) is 0 Å². The number of hydrogen-bond donors (Lipinski definition) is 0. The Bertz CT molecular complexity index is 288. The van der Waals surface area contributed by atoms with Gasteiger partial charge >= 0.3 is 0 Å². The Hall–Kier alpha value is -0.340. The van der Waals surface area contributed by atoms with E-state index >= 15 is 0 Å². The first-order chi connectivity index (χ1) is 5.27. The Morgan fingerprint density at radius 2 is 2.36 bits per heavy atom. The highest BCUT2D eigenvalue weighted by atomic mass is 35.5. The van der Waals surface area contributed by atoms with Crippen LogP contribution in [0.2, 0.25) is 4.34 Å². The number of rotatable bonds is 2. The molecule has 0 N–H and O–H groups in total. The van der Waals surface area contributed by atoms with Crippen LogP contribution in [0.25, 0.3) is 0 Å². The lowest BCUT2D eigenvalue weighted by molar-refractivity contribution is 0.0968. The molecule has 1 heterocycles. The molecular weight excluding hydrogens is 180 g/mol. The van der Waals surface area contributed by atoms with Gasteiger partial charge in [-0.3, -0.25) is 4.79 Å². The standard InChI is InChI=1S/C8H7ClOS/c9-7-3-6(4-11-7)8(10)5-1-2-5/h3-5H,1-2H2. The van der Waals surface area contributed by atoms with E-state index < -0.39 is 0 Å². The van der Waals surface area contributed by atoms with Gasteiger partial charge in [0, 0.05) is 16.9 Å². The Balaban J connectivity index is 2.21. The van der Waals surface area contributed by atoms with Gasteiger partial charge in [-0.1, -0.05) is 11.6 Å². The summed E-state index contributed by atoms with van der Waals surface area (Å²) in [6.07, 6.45) is 2.12. The summed E-state index contributed by atoms with van der Waals surface area (Å²) in [5.74, 6) is 0.578. The molecule has 0 unspecified atom stereocenters. The molecule has 1 aliphatic rings. The van der Waals surface area contributed by atoms with Crippen LogP contribution in [0.3, 0.4) is 0 Å². The van der Waals surface area contributed by atoms with Crippen molar-refractivity contribution < 1.29 is 4.79 Å². The van der Waals surface area contributed by atoms with E-state index in [1.54, 1.807) is 6.07 Å². The fraction of sp³-hybridized carbons (Fsp3) is 0.375. The predicted molar refractivity (Wildman–Crippen MR) is 46.4 cm³/mol. The number of hydrogen-bond acceptors (Lipinski definition) is 2. The van der Waals surface area contributed by atoms with Crippen molar-refractivity contribution in [3.63, 3.8) is 0 Å². The molecule has 0 radical (unpaired) electrons. The van der Waals surface area contributed by atoms with Gasteiger partial charge in [-0.25, -0.2) is 0 Å². The van der Waals surface area contributed by atoms with Crippen molar-refractivity contribution >= 4 is 28.7 Å². The molecule has 11 heavy (non-hydrogen) atoms. The highest BCUT2D eigenvalue weighted by Crippen LogP contribution is 2.34. The molecule has 0 bridgehead atoms. The van der Waals surface area contributed by atoms with Crippen LogP contribution >= 0.6 is 22.9 Å². The molecule has 0 aromatic carbocycles. The third-order valence-electron chi connectivity index (χ3n) is 1.80. The summed E-state index contributed by atoms with van der Waals surface area (Å²) >= 11 is 7.12. The minimum atomic E-state index is 0.271. The lowest BCUT2D eigenvalue weighted by atomic mass is 10.1. The van der Waals surface area contributed by atoms with Gasteiger partial charge in [0.05, 0.1) is 4.34 Å². The molecule has 1 aliphatic carbocycles. The number of carbonyl (C=O) groups excluding carboxylic acids is 1. The maximum absolute atomic E-state index is 11.4. The third kappa shape index (κ3) is 1.47. The van der Waals surface area contributed by atoms with Crippen LogP contribution in [0, 0.1) is 5.92 Å². The molecule has 3 heteroatoms. The van der Waals surface area contributed by atoms with Crippen LogP contribution in [0.4, 0.5) is 0 Å². The first kappa shape index (κ1) is 7.32. The van der Waals surface area contributed by atoms with Crippen molar-refractivity contribution in [2.45, 2.75) is 12.8 Å². The topological polar surface area (TPSA) is 17.1 Å². The Morgan fingerprint density at radius 1 is 1.64 bits per heavy atom. The molecule has 2 rings (SSSR count). The average molecular weight is 187 g/mol. The SMILES string of the molecule is O=C(c1csc(Cl)c1)C1CC1. The molecular formula is C8H7ClOS. The van der Waals surface area contributed by atoms with Crippen LogP contribution in [-0.4, -0.2) is 5.78 Å². The second kappa shape index (κ2) is 2.61. The molecule has 0 atom stereocenters. The van der Waals surface area contributed by atoms with E-state index in [1.165, 1.54) is 11.3 Å². The number of carbonyl (C=O) groups is 1. The highest BCUT2D eigenvalue weighted by Gasteiger charge is 2.30. The Kier molecular flexibility index (Phi) is 1.74. The second-order valence-corrected chi connectivity index (χ2v) is 4.32. The van der Waals surface area contributed by atoms with E-state index in [-0.39, 0.29) is 5.78 Å². The number of halogens is 1. The van der Waals surface area contributed by atoms with Gasteiger partial charge in [-0.15, -0.1) is 11.3 Å². The monoisotopic (exact) mass is 186 g/mol. The highest BCUT2D eigenvalue weighted by molar-refractivity contribution is 7.14. The van der Waals surface area contributed by atoms with Gasteiger partial charge in [-0.05, 0) is 18.9 Å². The van der Waals surface area contributed by atoms with Gasteiger partial charge in [0.2, 0.25) is 0 Å². The van der Waals surface area contributed by atoms with Gasteiger partial charge in [-0.2, -0.15) is 0 Å². The van der Waals surface area contributed by atoms with Gasteiger partial charge in [0.25, 0.3) is 0 Å². The lowest BCUT2D eigenvalue weighted by Gasteiger charge is -1.89. The van der Waals surface area contributed by atoms with E-state index in [2.05, 4.69) is 0 Å². The van der Waals surface area contributed by atoms with Crippen molar-refractivity contribution in [3.8, 4) is 0 Å². The summed E-state index contributed by atoms with van der Waals surface area (Å²) < 4.78 is 0.703. The van der Waals surface area contributed by atoms with Crippen molar-refractivity contribution in [1.82, 2.24) is 0 Å². The van der Waals surface area contributed by atoms with Crippen LogP contribution in [0.15, 0.2) is 11.4 Å². The fourth-order valence-electron chi connectivity index (χ4n) is 1.02. The number of ketones is 1. The molecule has 58 valence electrons. The van der Waals surface area contributed by atoms with Gasteiger partial charge in [0.1, 0.15) is 0 Å². The van der Waals surface area contributed by atoms with Crippen molar-refractivity contribution in [2.24, 2.45) is 5.92 Å². The molecule has 1 fully saturated rings. The van der Waals surface area contributed by atoms with E-state index in [9.17, 15) is 4.79 Å². The minimum Gasteiger partial charge on any atom is -0.294 e. The second-order valence-electron chi connectivity index (χ2n) is 2.78. The van der Waals surface area contributed by atoms with Crippen molar-refractivity contribution in [3.05, 3.63) is 21.3 Å². The van der Waals surface area contributed by atoms with Crippen LogP contribution in [0.1, 0.15) is 23.2 Å². The summed E-state index contributed by atoms with van der Waals surface area (Å²) in [6, 6.07) is 1.76. The molecule has 0 aliphatic heterocycles. The van der Waals surface area contributed by atoms with Gasteiger partial charge < -0.3 is 0 Å². The fourth-order valence-corrected chi connectivity index (χ4v) is 1.89. The summed E-state index contributed by atoms with van der Waals surface area (Å²) in [5, 5.41) is 1.84. The molecule has 1 nitrogen and oxygen atoms in total. The Labute approximate surface area is 74.0 Å². The van der Waals surface area contributed by atoms with Crippen LogP contribution < -0.4 is 0 Å². The third-order valence-corrected chi connectivity index (χ3v) is 2.89. The lowest BCUT2D eigenvalue weighted by Crippen LogP contribution is -1.97. The average Bonchev–Trinajstić information content (AvgIpc) is 2.74. The summed E-state index contributed by atoms with van der Waals surface area (Å²) in [5.41, 5.74) is 0.794. The molecule has 1 aromatic rings. The molecule has 1 aromatic heterocycles. The Morgan fingerprint density at radius 3 is 2.82 bits per heavy atom. The maximum atomic E-state index is 11.4. The zero-order valence-electron chi connectivity index (χ0n) is 5.84. The van der Waals surface area contributed by atoms with E-state index in [1.807, 2.05) is 5.38 Å². The maximum Gasteiger partial charge on any atom is 0.166 e. The van der Waals surface area contributed by atoms with Crippen LogP contribution in [-0.2, 0) is 0 Å². The molecule has 0 amide bonds. The molecule has 1 saturated carbocycles. The quantitative estimate of drug-likeness (QED) is 0.649. The molecule has 0 spiro atoms. The zero-order valence-corrected chi connectivity index (χ0v) is 7.41. The zero-order chi connectivity index (χ0) is 7.84. The number of thiophene rings is 1. The van der Waals surface area contributed by atoms with E-state index in [4.69, 9.17) is 11.6 Å². The van der Waals surface area contributed by atoms with E-state index in [0.717, 1.165) is 18.4 Å².